The van der Waals surface area contributed by atoms with Crippen molar-refractivity contribution < 1.29 is 4.79 Å². The minimum Gasteiger partial charge on any atom is -0.325 e. The van der Waals surface area contributed by atoms with Crippen LogP contribution in [0.25, 0.3) is 11.0 Å². The van der Waals surface area contributed by atoms with E-state index in [1.54, 1.807) is 18.2 Å². The van der Waals surface area contributed by atoms with Gasteiger partial charge in [-0.3, -0.25) is 4.79 Å². The van der Waals surface area contributed by atoms with Crippen LogP contribution in [0.2, 0.25) is 0 Å². The number of nitriles is 1. The zero-order chi connectivity index (χ0) is 12.8. The number of H-pyrrole nitrogens is 2. The SMILES string of the molecule is N#CC1(C(=O)Nc2ccc3[nH]c(=O)[nH]c3c2)CC1. The lowest BCUT2D eigenvalue weighted by Crippen LogP contribution is -2.22. The molecule has 18 heavy (non-hydrogen) atoms. The first-order chi connectivity index (χ1) is 8.63. The fourth-order valence-electron chi connectivity index (χ4n) is 1.88. The van der Waals surface area contributed by atoms with Gasteiger partial charge in [0.25, 0.3) is 0 Å². The van der Waals surface area contributed by atoms with E-state index in [9.17, 15) is 9.59 Å². The molecule has 0 bridgehead atoms. The van der Waals surface area contributed by atoms with Gasteiger partial charge in [0, 0.05) is 5.69 Å². The van der Waals surface area contributed by atoms with Crippen molar-refractivity contribution in [1.82, 2.24) is 9.97 Å². The van der Waals surface area contributed by atoms with Gasteiger partial charge in [0.05, 0.1) is 17.1 Å². The molecule has 0 spiro atoms. The Morgan fingerprint density at radius 3 is 2.72 bits per heavy atom. The quantitative estimate of drug-likeness (QED) is 0.734. The fourth-order valence-corrected chi connectivity index (χ4v) is 1.88. The first kappa shape index (κ1) is 10.6. The Morgan fingerprint density at radius 1 is 1.33 bits per heavy atom. The molecule has 3 rings (SSSR count). The molecule has 90 valence electrons. The van der Waals surface area contributed by atoms with E-state index in [2.05, 4.69) is 15.3 Å². The number of hydrogen-bond donors (Lipinski definition) is 3. The van der Waals surface area contributed by atoms with Crippen LogP contribution >= 0.6 is 0 Å². The van der Waals surface area contributed by atoms with Gasteiger partial charge in [0.2, 0.25) is 5.91 Å². The molecule has 1 fully saturated rings. The molecule has 0 radical (unpaired) electrons. The number of benzene rings is 1. The summed E-state index contributed by atoms with van der Waals surface area (Å²) in [6.45, 7) is 0. The smallest absolute Gasteiger partial charge is 0.323 e. The molecule has 1 heterocycles. The van der Waals surface area contributed by atoms with E-state index in [-0.39, 0.29) is 11.6 Å². The molecule has 1 amide bonds. The molecule has 0 atom stereocenters. The zero-order valence-corrected chi connectivity index (χ0v) is 9.41. The minimum atomic E-state index is -0.847. The molecule has 6 nitrogen and oxygen atoms in total. The highest BCUT2D eigenvalue weighted by Gasteiger charge is 2.50. The van der Waals surface area contributed by atoms with Crippen LogP contribution in [0.1, 0.15) is 12.8 Å². The number of imidazole rings is 1. The van der Waals surface area contributed by atoms with E-state index in [0.29, 0.717) is 29.6 Å². The van der Waals surface area contributed by atoms with Crippen molar-refractivity contribution in [2.45, 2.75) is 12.8 Å². The highest BCUT2D eigenvalue weighted by molar-refractivity contribution is 6.00. The largest absolute Gasteiger partial charge is 0.325 e. The summed E-state index contributed by atoms with van der Waals surface area (Å²) in [4.78, 5) is 28.2. The Morgan fingerprint density at radius 2 is 2.06 bits per heavy atom. The summed E-state index contributed by atoms with van der Waals surface area (Å²) < 4.78 is 0. The van der Waals surface area contributed by atoms with E-state index in [0.717, 1.165) is 0 Å². The average Bonchev–Trinajstić information content (AvgIpc) is 3.06. The summed E-state index contributed by atoms with van der Waals surface area (Å²) in [5.41, 5.74) is 0.744. The van der Waals surface area contributed by atoms with Gasteiger partial charge in [-0.25, -0.2) is 4.79 Å². The molecule has 1 aromatic heterocycles. The third-order valence-electron chi connectivity index (χ3n) is 3.17. The predicted molar refractivity (Wildman–Crippen MR) is 64.8 cm³/mol. The monoisotopic (exact) mass is 242 g/mol. The molecular formula is C12H10N4O2. The fraction of sp³-hybridized carbons (Fsp3) is 0.250. The summed E-state index contributed by atoms with van der Waals surface area (Å²) in [5, 5.41) is 11.6. The van der Waals surface area contributed by atoms with Crippen LogP contribution in [0, 0.1) is 16.7 Å². The van der Waals surface area contributed by atoms with Gasteiger partial charge in [0.1, 0.15) is 5.41 Å². The molecule has 0 unspecified atom stereocenters. The molecule has 6 heteroatoms. The number of rotatable bonds is 2. The molecule has 1 saturated carbocycles. The summed E-state index contributed by atoms with van der Waals surface area (Å²) in [6.07, 6.45) is 1.22. The summed E-state index contributed by atoms with van der Waals surface area (Å²) in [7, 11) is 0. The van der Waals surface area contributed by atoms with Crippen LogP contribution in [-0.2, 0) is 4.79 Å². The number of nitrogens with zero attached hydrogens (tertiary/aromatic N) is 1. The third kappa shape index (κ3) is 1.57. The summed E-state index contributed by atoms with van der Waals surface area (Å²) >= 11 is 0. The van der Waals surface area contributed by atoms with Gasteiger partial charge in [-0.2, -0.15) is 5.26 Å². The Hall–Kier alpha value is -2.55. The standard InChI is InChI=1S/C12H10N4O2/c13-6-12(3-4-12)10(17)14-7-1-2-8-9(5-7)16-11(18)15-8/h1-2,5H,3-4H2,(H,14,17)(H2,15,16,18). The lowest BCUT2D eigenvalue weighted by molar-refractivity contribution is -0.119. The summed E-state index contributed by atoms with van der Waals surface area (Å²) in [5.74, 6) is -0.276. The number of carbonyl (C=O) groups excluding carboxylic acids is 1. The van der Waals surface area contributed by atoms with Crippen LogP contribution < -0.4 is 11.0 Å². The lowest BCUT2D eigenvalue weighted by atomic mass is 10.1. The topological polar surface area (TPSA) is 102 Å². The van der Waals surface area contributed by atoms with Gasteiger partial charge >= 0.3 is 5.69 Å². The third-order valence-corrected chi connectivity index (χ3v) is 3.17. The van der Waals surface area contributed by atoms with E-state index in [1.165, 1.54) is 0 Å². The van der Waals surface area contributed by atoms with Crippen molar-refractivity contribution in [3.63, 3.8) is 0 Å². The van der Waals surface area contributed by atoms with Crippen molar-refractivity contribution in [3.8, 4) is 6.07 Å². The maximum Gasteiger partial charge on any atom is 0.323 e. The van der Waals surface area contributed by atoms with Gasteiger partial charge in [-0.1, -0.05) is 0 Å². The van der Waals surface area contributed by atoms with E-state index in [4.69, 9.17) is 5.26 Å². The van der Waals surface area contributed by atoms with Crippen molar-refractivity contribution >= 4 is 22.6 Å². The second-order valence-corrected chi connectivity index (χ2v) is 4.49. The number of fused-ring (bicyclic) bond motifs is 1. The number of anilines is 1. The molecule has 3 N–H and O–H groups in total. The van der Waals surface area contributed by atoms with Crippen LogP contribution in [-0.4, -0.2) is 15.9 Å². The first-order valence-corrected chi connectivity index (χ1v) is 5.58. The summed E-state index contributed by atoms with van der Waals surface area (Å²) in [6, 6.07) is 7.10. The molecule has 1 aliphatic carbocycles. The Bertz CT molecular complexity index is 730. The minimum absolute atomic E-state index is 0.276. The number of amides is 1. The van der Waals surface area contributed by atoms with E-state index >= 15 is 0 Å². The molecule has 2 aromatic rings. The second-order valence-electron chi connectivity index (χ2n) is 4.49. The number of aromatic nitrogens is 2. The Kier molecular flexibility index (Phi) is 2.04. The van der Waals surface area contributed by atoms with E-state index < -0.39 is 5.41 Å². The van der Waals surface area contributed by atoms with Crippen LogP contribution in [0.5, 0.6) is 0 Å². The highest BCUT2D eigenvalue weighted by atomic mass is 16.2. The number of nitrogens with one attached hydrogen (secondary N) is 3. The predicted octanol–water partition coefficient (Wildman–Crippen LogP) is 1.10. The first-order valence-electron chi connectivity index (χ1n) is 5.58. The second kappa shape index (κ2) is 3.47. The van der Waals surface area contributed by atoms with Crippen LogP contribution in [0.3, 0.4) is 0 Å². The Balaban J connectivity index is 1.89. The number of hydrogen-bond acceptors (Lipinski definition) is 3. The van der Waals surface area contributed by atoms with Crippen molar-refractivity contribution in [3.05, 3.63) is 28.7 Å². The van der Waals surface area contributed by atoms with Gasteiger partial charge in [0.15, 0.2) is 0 Å². The van der Waals surface area contributed by atoms with Crippen LogP contribution in [0.4, 0.5) is 5.69 Å². The molecule has 1 aliphatic rings. The lowest BCUT2D eigenvalue weighted by Gasteiger charge is -2.07. The van der Waals surface area contributed by atoms with Gasteiger partial charge < -0.3 is 15.3 Å². The van der Waals surface area contributed by atoms with Crippen molar-refractivity contribution in [2.75, 3.05) is 5.32 Å². The average molecular weight is 242 g/mol. The number of carbonyl (C=O) groups is 1. The van der Waals surface area contributed by atoms with Crippen molar-refractivity contribution in [2.24, 2.45) is 5.41 Å². The number of aromatic amines is 2. The van der Waals surface area contributed by atoms with Gasteiger partial charge in [-0.05, 0) is 31.0 Å². The highest BCUT2D eigenvalue weighted by Crippen LogP contribution is 2.45. The Labute approximate surface area is 102 Å². The molecular weight excluding hydrogens is 232 g/mol. The molecule has 1 aromatic carbocycles. The molecule has 0 saturated heterocycles. The normalized spacial score (nSPS) is 16.2. The van der Waals surface area contributed by atoms with Crippen molar-refractivity contribution in [1.29, 1.82) is 5.26 Å². The molecule has 0 aliphatic heterocycles. The van der Waals surface area contributed by atoms with Crippen LogP contribution in [0.15, 0.2) is 23.0 Å². The zero-order valence-electron chi connectivity index (χ0n) is 9.41. The maximum absolute atomic E-state index is 11.9. The van der Waals surface area contributed by atoms with Gasteiger partial charge in [-0.15, -0.1) is 0 Å². The van der Waals surface area contributed by atoms with E-state index in [1.807, 2.05) is 6.07 Å². The maximum atomic E-state index is 11.9.